The van der Waals surface area contributed by atoms with Gasteiger partial charge in [0.2, 0.25) is 0 Å². The highest BCUT2D eigenvalue weighted by Crippen LogP contribution is 2.29. The Kier molecular flexibility index (Phi) is 6.28. The third kappa shape index (κ3) is 3.65. The van der Waals surface area contributed by atoms with Crippen molar-refractivity contribution < 1.29 is 49.2 Å². The molecule has 2 rings (SSSR count). The highest BCUT2D eigenvalue weighted by atomic mass is 18.2. The molecule has 2 heterocycles. The number of rotatable bonds is 4. The lowest BCUT2D eigenvalue weighted by atomic mass is 9.95. The second-order valence-electron chi connectivity index (χ2n) is 5.81. The highest BCUT2D eigenvalue weighted by Gasteiger charge is 2.49. The van der Waals surface area contributed by atoms with Gasteiger partial charge in [-0.05, 0) is 6.92 Å². The van der Waals surface area contributed by atoms with E-state index in [1.165, 1.54) is 6.92 Å². The number of ether oxygens (including phenoxy) is 3. The number of hydrogen-bond acceptors (Lipinski definition) is 9. The molecule has 2 fully saturated rings. The minimum absolute atomic E-state index is 0.542. The quantitative estimate of drug-likeness (QED) is 0.308. The van der Waals surface area contributed by atoms with Gasteiger partial charge in [-0.15, -0.1) is 0 Å². The first kappa shape index (κ1) is 18.9. The summed E-state index contributed by atoms with van der Waals surface area (Å²) in [6.07, 6.45) is -13.9. The Bertz CT molecular complexity index is 382. The van der Waals surface area contributed by atoms with E-state index in [1.807, 2.05) is 0 Å². The van der Waals surface area contributed by atoms with Gasteiger partial charge in [0.25, 0.3) is 0 Å². The predicted molar refractivity (Wildman–Crippen MR) is 71.0 cm³/mol. The molecule has 0 aliphatic carbocycles. The summed E-state index contributed by atoms with van der Waals surface area (Å²) in [5.41, 5.74) is 0. The number of alkyl halides is 1. The Morgan fingerprint density at radius 1 is 0.870 bits per heavy atom. The molecule has 9 nitrogen and oxygen atoms in total. The van der Waals surface area contributed by atoms with Crippen molar-refractivity contribution in [1.82, 2.24) is 0 Å². The lowest BCUT2D eigenvalue weighted by Crippen LogP contribution is -2.64. The van der Waals surface area contributed by atoms with Crippen LogP contribution in [0, 0.1) is 0 Å². The van der Waals surface area contributed by atoms with E-state index in [4.69, 9.17) is 14.2 Å². The van der Waals surface area contributed by atoms with Crippen LogP contribution in [0.25, 0.3) is 0 Å². The Morgan fingerprint density at radius 2 is 1.52 bits per heavy atom. The molecule has 0 amide bonds. The fourth-order valence-corrected chi connectivity index (χ4v) is 2.75. The van der Waals surface area contributed by atoms with Gasteiger partial charge in [-0.3, -0.25) is 0 Å². The van der Waals surface area contributed by atoms with Crippen LogP contribution in [0.1, 0.15) is 6.92 Å². The highest BCUT2D eigenvalue weighted by molar-refractivity contribution is 4.94. The molecule has 6 N–H and O–H groups in total. The molecule has 0 radical (unpaired) electrons. The Morgan fingerprint density at radius 3 is 2.09 bits per heavy atom. The molecular formula is C13H23FO9. The summed E-state index contributed by atoms with van der Waals surface area (Å²) in [7, 11) is 0. The topological polar surface area (TPSA) is 149 Å². The van der Waals surface area contributed by atoms with Crippen molar-refractivity contribution in [2.24, 2.45) is 0 Å². The molecule has 4 unspecified atom stereocenters. The molecular weight excluding hydrogens is 318 g/mol. The van der Waals surface area contributed by atoms with Crippen molar-refractivity contribution >= 4 is 0 Å². The first-order valence-electron chi connectivity index (χ1n) is 7.35. The molecule has 23 heavy (non-hydrogen) atoms. The molecule has 2 saturated heterocycles. The van der Waals surface area contributed by atoms with E-state index in [0.717, 1.165) is 0 Å². The van der Waals surface area contributed by atoms with E-state index in [9.17, 15) is 35.0 Å². The monoisotopic (exact) mass is 341 g/mol. The van der Waals surface area contributed by atoms with E-state index >= 15 is 0 Å². The van der Waals surface area contributed by atoms with E-state index in [-0.39, 0.29) is 0 Å². The summed E-state index contributed by atoms with van der Waals surface area (Å²) >= 11 is 0. The maximum atomic E-state index is 12.8. The van der Waals surface area contributed by atoms with E-state index in [2.05, 4.69) is 0 Å². The maximum Gasteiger partial charge on any atom is 0.187 e. The van der Waals surface area contributed by atoms with Crippen molar-refractivity contribution in [2.75, 3.05) is 13.3 Å². The average molecular weight is 341 g/mol. The smallest absolute Gasteiger partial charge is 0.187 e. The van der Waals surface area contributed by atoms with Gasteiger partial charge in [-0.2, -0.15) is 0 Å². The second-order valence-corrected chi connectivity index (χ2v) is 5.81. The summed E-state index contributed by atoms with van der Waals surface area (Å²) in [5.74, 6) is 0. The fraction of sp³-hybridized carbons (Fsp3) is 1.00. The number of aliphatic hydroxyl groups excluding tert-OH is 6. The summed E-state index contributed by atoms with van der Waals surface area (Å²) in [4.78, 5) is 0. The van der Waals surface area contributed by atoms with Crippen molar-refractivity contribution in [3.8, 4) is 0 Å². The molecule has 10 atom stereocenters. The normalized spacial score (nSPS) is 51.7. The molecule has 0 bridgehead atoms. The minimum atomic E-state index is -1.72. The molecule has 0 aromatic heterocycles. The van der Waals surface area contributed by atoms with Gasteiger partial charge in [0.05, 0.1) is 12.7 Å². The average Bonchev–Trinajstić information content (AvgIpc) is 2.55. The number of hydrogen-bond donors (Lipinski definition) is 6. The van der Waals surface area contributed by atoms with Gasteiger partial charge in [-0.1, -0.05) is 0 Å². The van der Waals surface area contributed by atoms with Crippen LogP contribution < -0.4 is 0 Å². The van der Waals surface area contributed by atoms with Crippen LogP contribution in [-0.2, 0) is 14.2 Å². The number of aliphatic hydroxyl groups is 6. The third-order valence-corrected chi connectivity index (χ3v) is 4.22. The molecule has 2 aliphatic heterocycles. The van der Waals surface area contributed by atoms with Crippen LogP contribution in [0.3, 0.4) is 0 Å². The summed E-state index contributed by atoms with van der Waals surface area (Å²) in [6, 6.07) is 0. The Labute approximate surface area is 131 Å². The van der Waals surface area contributed by atoms with Gasteiger partial charge < -0.3 is 44.8 Å². The SMILES string of the molecule is CC1OC(CO)[C@@H](O[C@@H]2OC(C[18F])[C@@H](O)[C@@H](O)C2O)[C@@H](O)[C@@H]1O. The lowest BCUT2D eigenvalue weighted by molar-refractivity contribution is -0.339. The zero-order valence-corrected chi connectivity index (χ0v) is 12.5. The van der Waals surface area contributed by atoms with Crippen LogP contribution >= 0.6 is 0 Å². The fourth-order valence-electron chi connectivity index (χ4n) is 2.75. The van der Waals surface area contributed by atoms with Gasteiger partial charge in [0.15, 0.2) is 6.29 Å². The van der Waals surface area contributed by atoms with Crippen LogP contribution in [0.4, 0.5) is 4.39 Å². The summed E-state index contributed by atoms with van der Waals surface area (Å²) < 4.78 is 28.5. The molecule has 2 aliphatic rings. The maximum absolute atomic E-state index is 12.8. The van der Waals surface area contributed by atoms with Gasteiger partial charge in [0.1, 0.15) is 55.5 Å². The van der Waals surface area contributed by atoms with Crippen LogP contribution in [0.5, 0.6) is 0 Å². The first-order valence-corrected chi connectivity index (χ1v) is 7.35. The Balaban J connectivity index is 2.11. The zero-order valence-electron chi connectivity index (χ0n) is 12.5. The van der Waals surface area contributed by atoms with Gasteiger partial charge in [0, 0.05) is 0 Å². The molecule has 0 spiro atoms. The molecule has 0 aromatic carbocycles. The van der Waals surface area contributed by atoms with E-state index in [0.29, 0.717) is 0 Å². The molecule has 0 aromatic rings. The zero-order chi connectivity index (χ0) is 17.3. The van der Waals surface area contributed by atoms with Crippen LogP contribution in [0.15, 0.2) is 0 Å². The standard InChI is InChI=1S/C13H23FO9/c1-4-7(16)10(19)12(6(3-15)21-4)23-13-11(20)9(18)8(17)5(2-14)22-13/h4-13,15-20H,2-3H2,1H3/t4?,5?,6?,7-,8-,9-,10+,11?,12-,13+/m1/s1/i14-1. The first-order chi connectivity index (χ1) is 10.8. The van der Waals surface area contributed by atoms with E-state index < -0.39 is 74.5 Å². The second kappa shape index (κ2) is 7.64. The van der Waals surface area contributed by atoms with Gasteiger partial charge in [-0.25, -0.2) is 4.39 Å². The molecule has 10 heteroatoms. The predicted octanol–water partition coefficient (Wildman–Crippen LogP) is -3.35. The van der Waals surface area contributed by atoms with Crippen molar-refractivity contribution in [2.45, 2.75) is 68.1 Å². The number of halogens is 1. The minimum Gasteiger partial charge on any atom is -0.394 e. The summed E-state index contributed by atoms with van der Waals surface area (Å²) in [6.45, 7) is -0.172. The third-order valence-electron chi connectivity index (χ3n) is 4.22. The van der Waals surface area contributed by atoms with Crippen molar-refractivity contribution in [1.29, 1.82) is 0 Å². The van der Waals surface area contributed by atoms with Crippen LogP contribution in [0.2, 0.25) is 0 Å². The van der Waals surface area contributed by atoms with Crippen molar-refractivity contribution in [3.63, 3.8) is 0 Å². The summed E-state index contributed by atoms with van der Waals surface area (Å²) in [5, 5.41) is 58.4. The lowest BCUT2D eigenvalue weighted by Gasteiger charge is -2.45. The largest absolute Gasteiger partial charge is 0.394 e. The van der Waals surface area contributed by atoms with Gasteiger partial charge >= 0.3 is 0 Å². The van der Waals surface area contributed by atoms with E-state index in [1.54, 1.807) is 0 Å². The van der Waals surface area contributed by atoms with Crippen LogP contribution in [-0.4, -0.2) is 105 Å². The molecule has 136 valence electrons. The molecule has 0 saturated carbocycles. The van der Waals surface area contributed by atoms with Crippen molar-refractivity contribution in [3.05, 3.63) is 0 Å². The Hall–Kier alpha value is -0.430.